The third-order valence-electron chi connectivity index (χ3n) is 4.70. The zero-order valence-corrected chi connectivity index (χ0v) is 11.5. The van der Waals surface area contributed by atoms with Crippen LogP contribution in [-0.2, 0) is 4.74 Å². The molecule has 17 heavy (non-hydrogen) atoms. The molecule has 0 aromatic rings. The van der Waals surface area contributed by atoms with Crippen molar-refractivity contribution < 1.29 is 9.84 Å². The Balaban J connectivity index is 1.88. The molecule has 1 saturated heterocycles. The zero-order chi connectivity index (χ0) is 12.3. The summed E-state index contributed by atoms with van der Waals surface area (Å²) in [5, 5.41) is 10.0. The van der Waals surface area contributed by atoms with E-state index in [1.807, 2.05) is 0 Å². The highest BCUT2D eigenvalue weighted by atomic mass is 16.5. The third kappa shape index (κ3) is 3.45. The van der Waals surface area contributed by atoms with Crippen molar-refractivity contribution in [1.29, 1.82) is 0 Å². The van der Waals surface area contributed by atoms with Crippen LogP contribution in [0.2, 0.25) is 0 Å². The van der Waals surface area contributed by atoms with Gasteiger partial charge in [0.15, 0.2) is 0 Å². The number of ether oxygens (including phenoxy) is 1. The Morgan fingerprint density at radius 3 is 2.59 bits per heavy atom. The second kappa shape index (κ2) is 5.71. The normalized spacial score (nSPS) is 30.7. The molecule has 2 nitrogen and oxygen atoms in total. The summed E-state index contributed by atoms with van der Waals surface area (Å²) in [5.41, 5.74) is 0.192. The molecule has 2 atom stereocenters. The highest BCUT2D eigenvalue weighted by Gasteiger charge is 2.38. The maximum atomic E-state index is 10.0. The second-order valence-corrected chi connectivity index (χ2v) is 6.50. The van der Waals surface area contributed by atoms with Crippen molar-refractivity contribution in [3.05, 3.63) is 0 Å². The molecule has 1 aliphatic heterocycles. The van der Waals surface area contributed by atoms with Gasteiger partial charge in [-0.2, -0.15) is 0 Å². The van der Waals surface area contributed by atoms with Gasteiger partial charge in [0, 0.05) is 6.61 Å². The molecule has 1 aliphatic carbocycles. The van der Waals surface area contributed by atoms with Crippen LogP contribution in [0.5, 0.6) is 0 Å². The summed E-state index contributed by atoms with van der Waals surface area (Å²) in [6.45, 7) is 5.14. The number of aliphatic hydroxyl groups is 1. The maximum Gasteiger partial charge on any atom is 0.0685 e. The summed E-state index contributed by atoms with van der Waals surface area (Å²) >= 11 is 0. The molecule has 0 amide bonds. The lowest BCUT2D eigenvalue weighted by atomic mass is 9.74. The van der Waals surface area contributed by atoms with Gasteiger partial charge in [0.1, 0.15) is 0 Å². The molecule has 1 heterocycles. The molecule has 1 spiro atoms. The molecule has 0 bridgehead atoms. The minimum Gasteiger partial charge on any atom is -0.393 e. The van der Waals surface area contributed by atoms with Crippen molar-refractivity contribution in [3.8, 4) is 0 Å². The van der Waals surface area contributed by atoms with Gasteiger partial charge < -0.3 is 9.84 Å². The molecule has 2 aliphatic rings. The van der Waals surface area contributed by atoms with E-state index in [-0.39, 0.29) is 11.7 Å². The van der Waals surface area contributed by atoms with E-state index in [1.54, 1.807) is 0 Å². The second-order valence-electron chi connectivity index (χ2n) is 6.50. The Bertz CT molecular complexity index is 226. The van der Waals surface area contributed by atoms with Crippen LogP contribution in [0.25, 0.3) is 0 Å². The molecule has 2 fully saturated rings. The van der Waals surface area contributed by atoms with E-state index in [4.69, 9.17) is 4.74 Å². The van der Waals surface area contributed by atoms with Crippen LogP contribution in [0, 0.1) is 11.8 Å². The quantitative estimate of drug-likeness (QED) is 0.818. The summed E-state index contributed by atoms with van der Waals surface area (Å²) < 4.78 is 6.10. The first kappa shape index (κ1) is 13.4. The Labute approximate surface area is 106 Å². The Morgan fingerprint density at radius 1 is 1.24 bits per heavy atom. The van der Waals surface area contributed by atoms with E-state index in [9.17, 15) is 5.11 Å². The smallest absolute Gasteiger partial charge is 0.0685 e. The highest BCUT2D eigenvalue weighted by molar-refractivity contribution is 4.90. The molecular formula is C15H28O2. The molecule has 1 N–H and O–H groups in total. The van der Waals surface area contributed by atoms with Gasteiger partial charge in [-0.3, -0.25) is 0 Å². The van der Waals surface area contributed by atoms with E-state index in [0.717, 1.165) is 19.4 Å². The number of rotatable bonds is 3. The van der Waals surface area contributed by atoms with Crippen LogP contribution in [-0.4, -0.2) is 23.4 Å². The number of hydrogen-bond donors (Lipinski definition) is 1. The Hall–Kier alpha value is -0.0800. The SMILES string of the molecule is CC(C)C(O)CC1CCOC2(CCCCC2)C1. The van der Waals surface area contributed by atoms with E-state index >= 15 is 0 Å². The van der Waals surface area contributed by atoms with Crippen molar-refractivity contribution in [2.75, 3.05) is 6.61 Å². The van der Waals surface area contributed by atoms with Gasteiger partial charge in [0.25, 0.3) is 0 Å². The molecule has 0 radical (unpaired) electrons. The van der Waals surface area contributed by atoms with E-state index in [1.165, 1.54) is 38.5 Å². The van der Waals surface area contributed by atoms with Crippen LogP contribution >= 0.6 is 0 Å². The van der Waals surface area contributed by atoms with Gasteiger partial charge in [0.05, 0.1) is 11.7 Å². The van der Waals surface area contributed by atoms with Gasteiger partial charge in [0.2, 0.25) is 0 Å². The minimum absolute atomic E-state index is 0.126. The molecule has 0 aromatic heterocycles. The van der Waals surface area contributed by atoms with E-state index in [2.05, 4.69) is 13.8 Å². The fourth-order valence-corrected chi connectivity index (χ4v) is 3.49. The summed E-state index contributed by atoms with van der Waals surface area (Å²) in [7, 11) is 0. The van der Waals surface area contributed by atoms with Crippen LogP contribution in [0.4, 0.5) is 0 Å². The van der Waals surface area contributed by atoms with Gasteiger partial charge in [-0.05, 0) is 43.9 Å². The number of hydrogen-bond acceptors (Lipinski definition) is 2. The average molecular weight is 240 g/mol. The predicted molar refractivity (Wildman–Crippen MR) is 70.0 cm³/mol. The van der Waals surface area contributed by atoms with Crippen molar-refractivity contribution in [2.24, 2.45) is 11.8 Å². The fraction of sp³-hybridized carbons (Fsp3) is 1.00. The third-order valence-corrected chi connectivity index (χ3v) is 4.70. The summed E-state index contributed by atoms with van der Waals surface area (Å²) in [6, 6.07) is 0. The predicted octanol–water partition coefficient (Wildman–Crippen LogP) is 3.52. The first-order valence-corrected chi connectivity index (χ1v) is 7.43. The van der Waals surface area contributed by atoms with E-state index in [0.29, 0.717) is 11.8 Å². The molecule has 100 valence electrons. The van der Waals surface area contributed by atoms with Crippen LogP contribution in [0.1, 0.15) is 65.2 Å². The van der Waals surface area contributed by atoms with Gasteiger partial charge in [-0.15, -0.1) is 0 Å². The molecule has 2 unspecified atom stereocenters. The van der Waals surface area contributed by atoms with E-state index < -0.39 is 0 Å². The topological polar surface area (TPSA) is 29.5 Å². The standard InChI is InChI=1S/C15H28O2/c1-12(2)14(16)10-13-6-9-17-15(11-13)7-4-3-5-8-15/h12-14,16H,3-11H2,1-2H3. The Morgan fingerprint density at radius 2 is 1.94 bits per heavy atom. The lowest BCUT2D eigenvalue weighted by molar-refractivity contribution is -0.122. The number of aliphatic hydroxyl groups excluding tert-OH is 1. The van der Waals surface area contributed by atoms with Crippen molar-refractivity contribution in [3.63, 3.8) is 0 Å². The molecule has 1 saturated carbocycles. The first-order chi connectivity index (χ1) is 8.11. The summed E-state index contributed by atoms with van der Waals surface area (Å²) in [5.74, 6) is 1.07. The van der Waals surface area contributed by atoms with Gasteiger partial charge in [-0.1, -0.05) is 33.1 Å². The molecule has 0 aromatic carbocycles. The monoisotopic (exact) mass is 240 g/mol. The molecular weight excluding hydrogens is 212 g/mol. The lowest BCUT2D eigenvalue weighted by Gasteiger charge is -2.44. The van der Waals surface area contributed by atoms with Crippen LogP contribution < -0.4 is 0 Å². The van der Waals surface area contributed by atoms with Gasteiger partial charge >= 0.3 is 0 Å². The maximum absolute atomic E-state index is 10.0. The summed E-state index contributed by atoms with van der Waals surface area (Å²) in [4.78, 5) is 0. The van der Waals surface area contributed by atoms with Crippen molar-refractivity contribution in [1.82, 2.24) is 0 Å². The Kier molecular flexibility index (Phi) is 4.48. The zero-order valence-electron chi connectivity index (χ0n) is 11.5. The van der Waals surface area contributed by atoms with Crippen molar-refractivity contribution >= 4 is 0 Å². The summed E-state index contributed by atoms with van der Waals surface area (Å²) in [6.07, 6.45) is 9.73. The lowest BCUT2D eigenvalue weighted by Crippen LogP contribution is -2.42. The van der Waals surface area contributed by atoms with Crippen LogP contribution in [0.3, 0.4) is 0 Å². The first-order valence-electron chi connectivity index (χ1n) is 7.43. The average Bonchev–Trinajstić information content (AvgIpc) is 2.30. The van der Waals surface area contributed by atoms with Crippen molar-refractivity contribution in [2.45, 2.75) is 76.9 Å². The minimum atomic E-state index is -0.126. The largest absolute Gasteiger partial charge is 0.393 e. The fourth-order valence-electron chi connectivity index (χ4n) is 3.49. The van der Waals surface area contributed by atoms with Crippen LogP contribution in [0.15, 0.2) is 0 Å². The molecule has 2 rings (SSSR count). The van der Waals surface area contributed by atoms with Gasteiger partial charge in [-0.25, -0.2) is 0 Å². The molecule has 2 heteroatoms. The highest BCUT2D eigenvalue weighted by Crippen LogP contribution is 2.42.